The molecular weight excluding hydrogens is 592 g/mol. The van der Waals surface area contributed by atoms with Gasteiger partial charge in [0.05, 0.1) is 5.69 Å². The van der Waals surface area contributed by atoms with Gasteiger partial charge in [-0.25, -0.2) is 0 Å². The number of rotatable bonds is 3. The summed E-state index contributed by atoms with van der Waals surface area (Å²) in [7, 11) is 0. The molecule has 2 aliphatic rings. The van der Waals surface area contributed by atoms with E-state index in [1.165, 1.54) is 11.0 Å². The number of anilines is 3. The van der Waals surface area contributed by atoms with Crippen molar-refractivity contribution >= 4 is 63.4 Å². The minimum atomic E-state index is -0.125. The number of fused-ring (bicyclic) bond motifs is 4. The molecule has 2 aliphatic heterocycles. The van der Waals surface area contributed by atoms with Gasteiger partial charge in [-0.15, -0.1) is 0 Å². The fourth-order valence-corrected chi connectivity index (χ4v) is 7.18. The quantitative estimate of drug-likeness (QED) is 0.182. The van der Waals surface area contributed by atoms with Crippen LogP contribution in [0.2, 0.25) is 10.0 Å². The van der Waals surface area contributed by atoms with Crippen LogP contribution in [-0.2, 0) is 5.41 Å². The van der Waals surface area contributed by atoms with E-state index in [9.17, 15) is 0 Å². The van der Waals surface area contributed by atoms with E-state index < -0.39 is 0 Å². The van der Waals surface area contributed by atoms with Crippen LogP contribution in [-0.4, -0.2) is 6.71 Å². The maximum absolute atomic E-state index is 6.86. The van der Waals surface area contributed by atoms with Crippen LogP contribution in [0.5, 0.6) is 11.5 Å². The van der Waals surface area contributed by atoms with Gasteiger partial charge in [0, 0.05) is 32.5 Å². The Morgan fingerprint density at radius 1 is 0.578 bits per heavy atom. The summed E-state index contributed by atoms with van der Waals surface area (Å²) in [6, 6.07) is 44.7. The van der Waals surface area contributed by atoms with Crippen LogP contribution in [0.3, 0.4) is 0 Å². The molecule has 6 aromatic carbocycles. The number of para-hydroxylation sites is 1. The summed E-state index contributed by atoms with van der Waals surface area (Å²) in [4.78, 5) is 2.43. The van der Waals surface area contributed by atoms with Gasteiger partial charge in [0.25, 0.3) is 6.71 Å². The van der Waals surface area contributed by atoms with Gasteiger partial charge in [-0.2, -0.15) is 0 Å². The van der Waals surface area contributed by atoms with Crippen molar-refractivity contribution < 1.29 is 4.74 Å². The summed E-state index contributed by atoms with van der Waals surface area (Å²) in [5.41, 5.74) is 12.3. The number of halogens is 2. The first-order valence-corrected chi connectivity index (χ1v) is 16.0. The molecule has 6 aromatic rings. The molecule has 0 saturated carbocycles. The van der Waals surface area contributed by atoms with E-state index in [1.807, 2.05) is 18.2 Å². The molecule has 0 spiro atoms. The van der Waals surface area contributed by atoms with E-state index in [-0.39, 0.29) is 12.1 Å². The highest BCUT2D eigenvalue weighted by Crippen LogP contribution is 2.49. The second-order valence-corrected chi connectivity index (χ2v) is 13.7. The molecule has 2 heterocycles. The van der Waals surface area contributed by atoms with Crippen LogP contribution in [0.15, 0.2) is 127 Å². The zero-order valence-corrected chi connectivity index (χ0v) is 26.8. The monoisotopic (exact) mass is 621 g/mol. The molecule has 0 N–H and O–H groups in total. The molecule has 45 heavy (non-hydrogen) atoms. The minimum Gasteiger partial charge on any atom is -0.458 e. The number of benzene rings is 6. The van der Waals surface area contributed by atoms with Crippen LogP contribution >= 0.6 is 23.2 Å². The largest absolute Gasteiger partial charge is 0.458 e. The third kappa shape index (κ3) is 4.65. The van der Waals surface area contributed by atoms with Crippen LogP contribution in [0.1, 0.15) is 26.3 Å². The molecule has 218 valence electrons. The average molecular weight is 622 g/mol. The minimum absolute atomic E-state index is 0.0439. The van der Waals surface area contributed by atoms with Crippen molar-refractivity contribution in [2.75, 3.05) is 4.90 Å². The fraction of sp³-hybridized carbons (Fsp3) is 0.100. The van der Waals surface area contributed by atoms with E-state index in [2.05, 4.69) is 135 Å². The Morgan fingerprint density at radius 3 is 1.80 bits per heavy atom. The average Bonchev–Trinajstić information content (AvgIpc) is 3.04. The van der Waals surface area contributed by atoms with E-state index in [4.69, 9.17) is 27.9 Å². The third-order valence-electron chi connectivity index (χ3n) is 9.00. The van der Waals surface area contributed by atoms with Gasteiger partial charge in [-0.1, -0.05) is 135 Å². The Labute approximate surface area is 274 Å². The number of hydrogen-bond acceptors (Lipinski definition) is 2. The zero-order chi connectivity index (χ0) is 30.9. The fourth-order valence-electron chi connectivity index (χ4n) is 6.85. The molecule has 0 aliphatic carbocycles. The Hall–Kier alpha value is -4.44. The van der Waals surface area contributed by atoms with Gasteiger partial charge in [-0.05, 0) is 74.9 Å². The molecule has 0 radical (unpaired) electrons. The van der Waals surface area contributed by atoms with Crippen LogP contribution < -0.4 is 26.0 Å². The van der Waals surface area contributed by atoms with Gasteiger partial charge in [0.2, 0.25) is 0 Å². The predicted molar refractivity (Wildman–Crippen MR) is 192 cm³/mol. The topological polar surface area (TPSA) is 12.5 Å². The second-order valence-electron chi connectivity index (χ2n) is 12.8. The van der Waals surface area contributed by atoms with Gasteiger partial charge in [-0.3, -0.25) is 0 Å². The molecule has 2 nitrogen and oxygen atoms in total. The molecule has 0 atom stereocenters. The lowest BCUT2D eigenvalue weighted by Gasteiger charge is -2.42. The summed E-state index contributed by atoms with van der Waals surface area (Å²) in [5, 5.41) is 1.35. The maximum atomic E-state index is 6.86. The number of hydrogen-bond donors (Lipinski definition) is 0. The molecule has 0 saturated heterocycles. The van der Waals surface area contributed by atoms with Crippen LogP contribution in [0.4, 0.5) is 17.1 Å². The summed E-state index contributed by atoms with van der Waals surface area (Å²) >= 11 is 13.4. The molecule has 0 unspecified atom stereocenters. The molecule has 0 bridgehead atoms. The highest BCUT2D eigenvalue weighted by atomic mass is 35.5. The lowest BCUT2D eigenvalue weighted by molar-refractivity contribution is 0.483. The highest BCUT2D eigenvalue weighted by molar-refractivity contribution is 6.99. The first-order chi connectivity index (χ1) is 21.8. The maximum Gasteiger partial charge on any atom is 0.256 e. The molecule has 0 aromatic heterocycles. The first-order valence-electron chi connectivity index (χ1n) is 15.3. The molecule has 0 fully saturated rings. The smallest absolute Gasteiger partial charge is 0.256 e. The molecule has 8 rings (SSSR count). The van der Waals surface area contributed by atoms with Crippen molar-refractivity contribution in [3.8, 4) is 33.8 Å². The van der Waals surface area contributed by atoms with Gasteiger partial charge >= 0.3 is 0 Å². The summed E-state index contributed by atoms with van der Waals surface area (Å²) < 4.78 is 6.76. The highest BCUT2D eigenvalue weighted by Gasteiger charge is 2.43. The van der Waals surface area contributed by atoms with Crippen molar-refractivity contribution in [3.05, 3.63) is 143 Å². The van der Waals surface area contributed by atoms with E-state index in [0.717, 1.165) is 61.7 Å². The predicted octanol–water partition coefficient (Wildman–Crippen LogP) is 10.0. The number of ether oxygens (including phenoxy) is 1. The Morgan fingerprint density at radius 2 is 1.18 bits per heavy atom. The molecular formula is C40H30BCl2NO. The lowest BCUT2D eigenvalue weighted by Crippen LogP contribution is -2.59. The second kappa shape index (κ2) is 10.6. The SMILES string of the molecule is CC(C)(C)c1cc2c3c(c1)N(c1c(-c4ccccc4)cccc1-c1ccccc1)c1cc(Cl)ccc1B3c1ccc(Cl)cc1O2. The zero-order valence-electron chi connectivity index (χ0n) is 25.3. The Bertz CT molecular complexity index is 2050. The number of nitrogens with zero attached hydrogens (tertiary/aromatic N) is 1. The normalized spacial score (nSPS) is 13.1. The van der Waals surface area contributed by atoms with E-state index in [1.54, 1.807) is 0 Å². The van der Waals surface area contributed by atoms with Crippen molar-refractivity contribution in [3.63, 3.8) is 0 Å². The van der Waals surface area contributed by atoms with Crippen LogP contribution in [0.25, 0.3) is 22.3 Å². The van der Waals surface area contributed by atoms with Crippen LogP contribution in [0, 0.1) is 0 Å². The van der Waals surface area contributed by atoms with Crippen molar-refractivity contribution in [1.82, 2.24) is 0 Å². The summed E-state index contributed by atoms with van der Waals surface area (Å²) in [6.07, 6.45) is 0. The Kier molecular flexibility index (Phi) is 6.60. The molecule has 5 heteroatoms. The van der Waals surface area contributed by atoms with E-state index >= 15 is 0 Å². The van der Waals surface area contributed by atoms with Crippen molar-refractivity contribution in [2.24, 2.45) is 0 Å². The van der Waals surface area contributed by atoms with E-state index in [0.29, 0.717) is 10.0 Å². The first kappa shape index (κ1) is 28.1. The Balaban J connectivity index is 1.52. The van der Waals surface area contributed by atoms with Gasteiger partial charge in [0.15, 0.2) is 0 Å². The summed E-state index contributed by atoms with van der Waals surface area (Å²) in [5.74, 6) is 1.65. The third-order valence-corrected chi connectivity index (χ3v) is 9.47. The van der Waals surface area contributed by atoms with Crippen molar-refractivity contribution in [1.29, 1.82) is 0 Å². The lowest BCUT2D eigenvalue weighted by atomic mass is 9.34. The standard InChI is InChI=1S/C40H30BCl2NO/c1-40(2,3)27-21-35-38-37(22-27)45-36-24-29(43)18-20-33(36)41(38)32-19-17-28(42)23-34(32)44(35)39-30(25-11-6-4-7-12-25)15-10-16-31(39)26-13-8-5-9-14-26/h4-24H,1-3H3. The van der Waals surface area contributed by atoms with Gasteiger partial charge in [0.1, 0.15) is 11.5 Å². The summed E-state index contributed by atoms with van der Waals surface area (Å²) in [6.45, 7) is 6.70. The van der Waals surface area contributed by atoms with Crippen molar-refractivity contribution in [2.45, 2.75) is 26.2 Å². The van der Waals surface area contributed by atoms with Gasteiger partial charge < -0.3 is 9.64 Å². The molecule has 0 amide bonds.